The maximum absolute atomic E-state index is 13.8. The summed E-state index contributed by atoms with van der Waals surface area (Å²) in [5, 5.41) is 9.13. The van der Waals surface area contributed by atoms with Crippen LogP contribution < -0.4 is 16.4 Å². The van der Waals surface area contributed by atoms with Crippen LogP contribution in [0.3, 0.4) is 0 Å². The first-order chi connectivity index (χ1) is 21.0. The van der Waals surface area contributed by atoms with Gasteiger partial charge in [0.2, 0.25) is 0 Å². The Bertz CT molecular complexity index is 1630. The van der Waals surface area contributed by atoms with E-state index in [1.54, 1.807) is 30.5 Å². The van der Waals surface area contributed by atoms with Gasteiger partial charge in [0, 0.05) is 43.6 Å². The van der Waals surface area contributed by atoms with Crippen LogP contribution in [-0.4, -0.2) is 99.6 Å². The molecule has 1 aliphatic rings. The van der Waals surface area contributed by atoms with Crippen molar-refractivity contribution in [2.45, 2.75) is 12.6 Å². The van der Waals surface area contributed by atoms with E-state index < -0.39 is 17.9 Å². The Hall–Kier alpha value is -4.76. The van der Waals surface area contributed by atoms with Gasteiger partial charge >= 0.3 is 12.2 Å². The van der Waals surface area contributed by atoms with Crippen molar-refractivity contribution in [1.82, 2.24) is 34.3 Å². The summed E-state index contributed by atoms with van der Waals surface area (Å²) >= 11 is 0. The molecule has 44 heavy (non-hydrogen) atoms. The number of nitrogens with two attached hydrogens (primary N) is 1. The number of rotatable bonds is 8. The molecule has 4 heterocycles. The summed E-state index contributed by atoms with van der Waals surface area (Å²) < 4.78 is 40.4. The van der Waals surface area contributed by atoms with Crippen LogP contribution in [-0.2, 0) is 6.18 Å². The third-order valence-electron chi connectivity index (χ3n) is 7.28. The number of amides is 3. The van der Waals surface area contributed by atoms with Crippen LogP contribution in [0.5, 0.6) is 0 Å². The van der Waals surface area contributed by atoms with Gasteiger partial charge in [0.15, 0.2) is 5.82 Å². The van der Waals surface area contributed by atoms with E-state index in [0.29, 0.717) is 41.0 Å². The highest BCUT2D eigenvalue weighted by Crippen LogP contribution is 2.34. The molecule has 1 aliphatic heterocycles. The number of carbonyl (C=O) groups is 2. The van der Waals surface area contributed by atoms with Crippen molar-refractivity contribution < 1.29 is 22.8 Å². The first-order valence-electron chi connectivity index (χ1n) is 14.0. The summed E-state index contributed by atoms with van der Waals surface area (Å²) in [4.78, 5) is 40.2. The Balaban J connectivity index is 1.32. The van der Waals surface area contributed by atoms with Gasteiger partial charge in [0.25, 0.3) is 5.91 Å². The van der Waals surface area contributed by atoms with Crippen LogP contribution in [0.25, 0.3) is 16.6 Å². The van der Waals surface area contributed by atoms with Gasteiger partial charge in [-0.2, -0.15) is 18.3 Å². The number of fused-ring (bicyclic) bond motifs is 1. The molecule has 12 nitrogen and oxygen atoms in total. The third-order valence-corrected chi connectivity index (χ3v) is 7.28. The molecular weight excluding hydrogens is 577 g/mol. The molecule has 5 rings (SSSR count). The van der Waals surface area contributed by atoms with E-state index in [1.807, 2.05) is 4.90 Å². The number of nitrogen functional groups attached to an aromatic ring is 1. The number of urea groups is 1. The van der Waals surface area contributed by atoms with E-state index in [0.717, 1.165) is 44.7 Å². The minimum absolute atomic E-state index is 0.145. The lowest BCUT2D eigenvalue weighted by molar-refractivity contribution is -0.141. The highest BCUT2D eigenvalue weighted by molar-refractivity contribution is 6.07. The second-order valence-corrected chi connectivity index (χ2v) is 10.7. The number of aromatic nitrogens is 4. The summed E-state index contributed by atoms with van der Waals surface area (Å²) in [6, 6.07) is 9.09. The lowest BCUT2D eigenvalue weighted by atomic mass is 10.0. The van der Waals surface area contributed by atoms with E-state index in [9.17, 15) is 22.8 Å². The van der Waals surface area contributed by atoms with E-state index >= 15 is 0 Å². The number of alkyl halides is 3. The van der Waals surface area contributed by atoms with Crippen molar-refractivity contribution in [2.75, 3.05) is 69.7 Å². The molecule has 1 fully saturated rings. The van der Waals surface area contributed by atoms with Crippen LogP contribution in [0.1, 0.15) is 22.5 Å². The van der Waals surface area contributed by atoms with Crippen molar-refractivity contribution in [3.63, 3.8) is 0 Å². The molecule has 0 saturated carbocycles. The Morgan fingerprint density at radius 3 is 2.43 bits per heavy atom. The minimum Gasteiger partial charge on any atom is -0.382 e. The average Bonchev–Trinajstić information content (AvgIpc) is 3.38. The maximum Gasteiger partial charge on any atom is 0.433 e. The van der Waals surface area contributed by atoms with Gasteiger partial charge in [0.05, 0.1) is 5.56 Å². The standard InChI is InChI=1S/C29H33F3N10O2/c1-39(2)11-4-12-40-13-15-41(16-14-40)27(43)21-17-42-25(26(33)34-18-35-42)24(21)19-7-9-20(10-8-19)36-28(44)38-23-6-3-5-22(37-23)29(30,31)32/h3,5-10,17-18H,4,11-16H2,1-2H3,(H2,33,34,35)(H2,36,37,38,44). The third kappa shape index (κ3) is 7.06. The number of halogens is 3. The van der Waals surface area contributed by atoms with E-state index in [4.69, 9.17) is 5.73 Å². The zero-order valence-corrected chi connectivity index (χ0v) is 24.3. The van der Waals surface area contributed by atoms with E-state index in [1.165, 1.54) is 16.9 Å². The smallest absolute Gasteiger partial charge is 0.382 e. The molecule has 3 amide bonds. The lowest BCUT2D eigenvalue weighted by Gasteiger charge is -2.35. The van der Waals surface area contributed by atoms with Gasteiger partial charge in [-0.25, -0.2) is 19.3 Å². The van der Waals surface area contributed by atoms with Gasteiger partial charge in [-0.1, -0.05) is 18.2 Å². The number of nitrogens with zero attached hydrogens (tertiary/aromatic N) is 7. The first kappa shape index (κ1) is 30.7. The number of pyridine rings is 1. The van der Waals surface area contributed by atoms with Crippen molar-refractivity contribution in [3.05, 3.63) is 66.2 Å². The summed E-state index contributed by atoms with van der Waals surface area (Å²) in [7, 11) is 4.10. The van der Waals surface area contributed by atoms with Gasteiger partial charge in [-0.3, -0.25) is 15.0 Å². The number of anilines is 3. The summed E-state index contributed by atoms with van der Waals surface area (Å²) in [6.07, 6.45) is -0.613. The SMILES string of the molecule is CN(C)CCCN1CCN(C(=O)c2cn3ncnc(N)c3c2-c2ccc(NC(=O)Nc3cccc(C(F)(F)F)n3)cc2)CC1. The topological polar surface area (TPSA) is 137 Å². The molecule has 4 N–H and O–H groups in total. The van der Waals surface area contributed by atoms with E-state index in [-0.39, 0.29) is 17.5 Å². The zero-order chi connectivity index (χ0) is 31.4. The summed E-state index contributed by atoms with van der Waals surface area (Å²) in [6.45, 7) is 4.72. The summed E-state index contributed by atoms with van der Waals surface area (Å²) in [5.74, 6) is -0.190. The summed E-state index contributed by atoms with van der Waals surface area (Å²) in [5.41, 5.74) is 7.59. The highest BCUT2D eigenvalue weighted by atomic mass is 19.4. The molecule has 0 aliphatic carbocycles. The second-order valence-electron chi connectivity index (χ2n) is 10.7. The Kier molecular flexibility index (Phi) is 8.96. The molecule has 4 aromatic rings. The van der Waals surface area contributed by atoms with Crippen LogP contribution in [0.4, 0.5) is 35.3 Å². The van der Waals surface area contributed by atoms with Gasteiger partial charge in [-0.15, -0.1) is 0 Å². The predicted octanol–water partition coefficient (Wildman–Crippen LogP) is 3.75. The number of nitrogens with one attached hydrogen (secondary N) is 2. The van der Waals surface area contributed by atoms with Crippen LogP contribution in [0, 0.1) is 0 Å². The largest absolute Gasteiger partial charge is 0.433 e. The number of hydrogen-bond acceptors (Lipinski definition) is 8. The lowest BCUT2D eigenvalue weighted by Crippen LogP contribution is -2.49. The van der Waals surface area contributed by atoms with Crippen molar-refractivity contribution >= 4 is 34.8 Å². The van der Waals surface area contributed by atoms with Crippen molar-refractivity contribution in [2.24, 2.45) is 0 Å². The molecule has 0 spiro atoms. The van der Waals surface area contributed by atoms with Crippen molar-refractivity contribution in [3.8, 4) is 11.1 Å². The molecule has 1 aromatic carbocycles. The fourth-order valence-electron chi connectivity index (χ4n) is 5.11. The monoisotopic (exact) mass is 610 g/mol. The molecule has 3 aromatic heterocycles. The fraction of sp³-hybridized carbons (Fsp3) is 0.345. The number of hydrogen-bond donors (Lipinski definition) is 3. The number of benzene rings is 1. The predicted molar refractivity (Wildman–Crippen MR) is 160 cm³/mol. The normalized spacial score (nSPS) is 14.3. The Labute approximate surface area is 251 Å². The van der Waals surface area contributed by atoms with Crippen LogP contribution >= 0.6 is 0 Å². The van der Waals surface area contributed by atoms with E-state index in [2.05, 4.69) is 49.6 Å². The second kappa shape index (κ2) is 12.9. The maximum atomic E-state index is 13.8. The number of carbonyl (C=O) groups excluding carboxylic acids is 2. The molecule has 0 unspecified atom stereocenters. The van der Waals surface area contributed by atoms with Crippen LogP contribution in [0.15, 0.2) is 55.0 Å². The van der Waals surface area contributed by atoms with Gasteiger partial charge < -0.3 is 20.9 Å². The Morgan fingerprint density at radius 2 is 1.75 bits per heavy atom. The molecule has 0 atom stereocenters. The fourth-order valence-corrected chi connectivity index (χ4v) is 5.11. The van der Waals surface area contributed by atoms with Gasteiger partial charge in [0.1, 0.15) is 23.4 Å². The molecule has 1 saturated heterocycles. The van der Waals surface area contributed by atoms with Gasteiger partial charge in [-0.05, 0) is 63.4 Å². The minimum atomic E-state index is -4.64. The molecule has 0 bridgehead atoms. The van der Waals surface area contributed by atoms with Crippen molar-refractivity contribution in [1.29, 1.82) is 0 Å². The number of piperazine rings is 1. The Morgan fingerprint density at radius 1 is 1.02 bits per heavy atom. The van der Waals surface area contributed by atoms with Crippen LogP contribution in [0.2, 0.25) is 0 Å². The quantitative estimate of drug-likeness (QED) is 0.275. The first-order valence-corrected chi connectivity index (χ1v) is 14.0. The zero-order valence-electron chi connectivity index (χ0n) is 24.3. The molecule has 15 heteroatoms. The highest BCUT2D eigenvalue weighted by Gasteiger charge is 2.32. The molecule has 0 radical (unpaired) electrons. The molecule has 232 valence electrons. The average molecular weight is 611 g/mol. The molecular formula is C29H33F3N10O2.